The van der Waals surface area contributed by atoms with Crippen molar-refractivity contribution in [1.29, 1.82) is 0 Å². The van der Waals surface area contributed by atoms with E-state index >= 15 is 0 Å². The number of aryl methyl sites for hydroxylation is 1. The first-order valence-electron chi connectivity index (χ1n) is 5.69. The van der Waals surface area contributed by atoms with Crippen LogP contribution in [0.4, 0.5) is 5.95 Å². The molecule has 1 heterocycles. The van der Waals surface area contributed by atoms with Crippen LogP contribution in [-0.2, 0) is 6.42 Å². The van der Waals surface area contributed by atoms with E-state index in [-0.39, 0.29) is 18.2 Å². The van der Waals surface area contributed by atoms with Crippen molar-refractivity contribution in [1.82, 2.24) is 14.9 Å². The lowest BCUT2D eigenvalue weighted by Gasteiger charge is -2.03. The third kappa shape index (κ3) is 4.32. The molecule has 0 aliphatic rings. The van der Waals surface area contributed by atoms with Gasteiger partial charge in [0.05, 0.1) is 9.78 Å². The Labute approximate surface area is 155 Å². The smallest absolute Gasteiger partial charge is 0.263 e. The Morgan fingerprint density at radius 3 is 2.76 bits per heavy atom. The number of aromatic nitrogens is 3. The molecule has 0 amide bonds. The molecule has 0 atom stereocenters. The molecule has 2 aromatic rings. The van der Waals surface area contributed by atoms with Gasteiger partial charge in [-0.25, -0.2) is 10.1 Å². The van der Waals surface area contributed by atoms with Gasteiger partial charge in [-0.1, -0.05) is 6.92 Å². The zero-order valence-electron chi connectivity index (χ0n) is 10.9. The van der Waals surface area contributed by atoms with Crippen LogP contribution in [-0.4, -0.2) is 26.2 Å². The lowest BCUT2D eigenvalue weighted by molar-refractivity contribution is 0.470. The Kier molecular flexibility index (Phi) is 6.93. The topological polar surface area (TPSA) is 101 Å². The van der Waals surface area contributed by atoms with Gasteiger partial charge in [-0.05, 0) is 57.3 Å². The summed E-state index contributed by atoms with van der Waals surface area (Å²) in [7, 11) is 0. The highest BCUT2D eigenvalue weighted by molar-refractivity contribution is 14.1. The average molecular weight is 535 g/mol. The lowest BCUT2D eigenvalue weighted by Crippen LogP contribution is -2.14. The molecule has 0 spiro atoms. The maximum Gasteiger partial charge on any atom is 0.263 e. The Morgan fingerprint density at radius 2 is 2.14 bits per heavy atom. The molecule has 7 nitrogen and oxygen atoms in total. The second-order valence-electron chi connectivity index (χ2n) is 3.86. The third-order valence-electron chi connectivity index (χ3n) is 2.51. The molecule has 1 aromatic heterocycles. The van der Waals surface area contributed by atoms with Crippen molar-refractivity contribution >= 4 is 69.8 Å². The van der Waals surface area contributed by atoms with E-state index in [0.717, 1.165) is 7.14 Å². The minimum atomic E-state index is 0. The highest BCUT2D eigenvalue weighted by Crippen LogP contribution is 2.25. The van der Waals surface area contributed by atoms with Crippen molar-refractivity contribution in [3.05, 3.63) is 30.7 Å². The SMILES string of the molecule is CCc1nnc(N/N=C/c2cc(I)cc(I)c2O)n1N.Cl. The van der Waals surface area contributed by atoms with Gasteiger partial charge in [0.15, 0.2) is 5.82 Å². The van der Waals surface area contributed by atoms with E-state index in [4.69, 9.17) is 5.84 Å². The standard InChI is InChI=1S/C11H12I2N6O.ClH/c1-2-9-16-18-11(19(9)14)17-15-5-6-3-7(12)4-8(13)10(6)20;/h3-5,20H,2,14H2,1H3,(H,17,18);1H/b15-5+;. The molecular formula is C11H13ClI2N6O. The molecule has 1 aromatic carbocycles. The summed E-state index contributed by atoms with van der Waals surface area (Å²) in [6, 6.07) is 3.71. The zero-order valence-corrected chi connectivity index (χ0v) is 16.0. The number of hydrogen-bond donors (Lipinski definition) is 3. The van der Waals surface area contributed by atoms with Crippen LogP contribution in [0.5, 0.6) is 5.75 Å². The van der Waals surface area contributed by atoms with Crippen molar-refractivity contribution < 1.29 is 5.11 Å². The molecule has 21 heavy (non-hydrogen) atoms. The molecule has 10 heteroatoms. The summed E-state index contributed by atoms with van der Waals surface area (Å²) in [5.74, 6) is 6.98. The van der Waals surface area contributed by atoms with Crippen LogP contribution in [0.2, 0.25) is 0 Å². The summed E-state index contributed by atoms with van der Waals surface area (Å²) >= 11 is 4.25. The molecule has 0 fully saturated rings. The number of nitrogens with two attached hydrogens (primary N) is 1. The normalized spacial score (nSPS) is 10.6. The number of rotatable bonds is 4. The second kappa shape index (κ2) is 7.98. The highest BCUT2D eigenvalue weighted by Gasteiger charge is 2.07. The second-order valence-corrected chi connectivity index (χ2v) is 6.27. The minimum absolute atomic E-state index is 0. The predicted molar refractivity (Wildman–Crippen MR) is 102 cm³/mol. The summed E-state index contributed by atoms with van der Waals surface area (Å²) in [4.78, 5) is 0. The Morgan fingerprint density at radius 1 is 1.43 bits per heavy atom. The first-order chi connectivity index (χ1) is 9.52. The first kappa shape index (κ1) is 18.2. The van der Waals surface area contributed by atoms with E-state index in [1.165, 1.54) is 10.9 Å². The number of nitrogens with one attached hydrogen (secondary N) is 1. The van der Waals surface area contributed by atoms with Crippen molar-refractivity contribution in [3.63, 3.8) is 0 Å². The van der Waals surface area contributed by atoms with Crippen LogP contribution < -0.4 is 11.3 Å². The lowest BCUT2D eigenvalue weighted by atomic mass is 10.2. The molecule has 0 radical (unpaired) electrons. The number of halogens is 3. The van der Waals surface area contributed by atoms with E-state index in [1.807, 2.05) is 19.1 Å². The largest absolute Gasteiger partial charge is 0.506 e. The molecule has 0 saturated carbocycles. The van der Waals surface area contributed by atoms with Crippen molar-refractivity contribution in [2.45, 2.75) is 13.3 Å². The molecule has 114 valence electrons. The maximum atomic E-state index is 9.93. The summed E-state index contributed by atoms with van der Waals surface area (Å²) in [6.45, 7) is 1.94. The number of anilines is 1. The fourth-order valence-corrected chi connectivity index (χ4v) is 3.37. The van der Waals surface area contributed by atoms with E-state index < -0.39 is 0 Å². The summed E-state index contributed by atoms with van der Waals surface area (Å²) in [5, 5.41) is 21.7. The van der Waals surface area contributed by atoms with Gasteiger partial charge in [-0.15, -0.1) is 22.6 Å². The molecular weight excluding hydrogens is 521 g/mol. The Balaban J connectivity index is 0.00000220. The molecule has 0 bridgehead atoms. The quantitative estimate of drug-likeness (QED) is 0.242. The zero-order chi connectivity index (χ0) is 14.7. The molecule has 0 unspecified atom stereocenters. The van der Waals surface area contributed by atoms with E-state index in [2.05, 4.69) is 65.9 Å². The maximum absolute atomic E-state index is 9.93. The van der Waals surface area contributed by atoms with Gasteiger partial charge in [-0.3, -0.25) is 0 Å². The fourth-order valence-electron chi connectivity index (χ4n) is 1.48. The number of hydrazone groups is 1. The van der Waals surface area contributed by atoms with Gasteiger partial charge < -0.3 is 10.9 Å². The monoisotopic (exact) mass is 534 g/mol. The van der Waals surface area contributed by atoms with Crippen LogP contribution >= 0.6 is 57.6 Å². The van der Waals surface area contributed by atoms with E-state index in [9.17, 15) is 5.11 Å². The summed E-state index contributed by atoms with van der Waals surface area (Å²) in [5.41, 5.74) is 3.32. The van der Waals surface area contributed by atoms with Gasteiger partial charge in [0.2, 0.25) is 0 Å². The Bertz CT molecular complexity index is 660. The van der Waals surface area contributed by atoms with Crippen LogP contribution in [0.15, 0.2) is 17.2 Å². The summed E-state index contributed by atoms with van der Waals surface area (Å²) in [6.07, 6.45) is 2.20. The number of hydrogen-bond acceptors (Lipinski definition) is 6. The number of nitrogens with zero attached hydrogens (tertiary/aromatic N) is 4. The van der Waals surface area contributed by atoms with Crippen LogP contribution in [0.3, 0.4) is 0 Å². The van der Waals surface area contributed by atoms with Crippen molar-refractivity contribution in [2.24, 2.45) is 5.10 Å². The number of phenolic OH excluding ortho intramolecular Hbond substituents is 1. The molecule has 2 rings (SSSR count). The molecule has 0 saturated heterocycles. The van der Waals surface area contributed by atoms with Crippen molar-refractivity contribution in [2.75, 3.05) is 11.3 Å². The van der Waals surface area contributed by atoms with Crippen molar-refractivity contribution in [3.8, 4) is 5.75 Å². The van der Waals surface area contributed by atoms with E-state index in [0.29, 0.717) is 23.8 Å². The fraction of sp³-hybridized carbons (Fsp3) is 0.182. The van der Waals surface area contributed by atoms with Gasteiger partial charge in [-0.2, -0.15) is 5.10 Å². The average Bonchev–Trinajstić information content (AvgIpc) is 2.76. The number of aromatic hydroxyl groups is 1. The molecule has 0 aliphatic heterocycles. The van der Waals surface area contributed by atoms with E-state index in [1.54, 1.807) is 0 Å². The molecule has 0 aliphatic carbocycles. The van der Waals surface area contributed by atoms with Gasteiger partial charge in [0, 0.05) is 15.6 Å². The van der Waals surface area contributed by atoms with Crippen LogP contribution in [0.25, 0.3) is 0 Å². The number of nitrogen functional groups attached to an aromatic ring is 1. The Hall–Kier alpha value is -0.820. The van der Waals surface area contributed by atoms with Gasteiger partial charge in [0.25, 0.3) is 5.95 Å². The van der Waals surface area contributed by atoms with Gasteiger partial charge >= 0.3 is 0 Å². The van der Waals surface area contributed by atoms with Crippen LogP contribution in [0.1, 0.15) is 18.3 Å². The van der Waals surface area contributed by atoms with Gasteiger partial charge in [0.1, 0.15) is 5.75 Å². The number of benzene rings is 1. The summed E-state index contributed by atoms with van der Waals surface area (Å²) < 4.78 is 3.13. The predicted octanol–water partition coefficient (Wildman–Crippen LogP) is 2.34. The first-order valence-corrected chi connectivity index (χ1v) is 7.85. The highest BCUT2D eigenvalue weighted by atomic mass is 127. The molecule has 4 N–H and O–H groups in total. The third-order valence-corrected chi connectivity index (χ3v) is 3.95. The van der Waals surface area contributed by atoms with Crippen LogP contribution in [0, 0.1) is 7.14 Å². The minimum Gasteiger partial charge on any atom is -0.506 e. The number of phenols is 1.